The lowest BCUT2D eigenvalue weighted by Crippen LogP contribution is -2.36. The van der Waals surface area contributed by atoms with Crippen LogP contribution in [0.25, 0.3) is 16.5 Å². The molecule has 1 fully saturated rings. The van der Waals surface area contributed by atoms with Gasteiger partial charge < -0.3 is 5.11 Å². The van der Waals surface area contributed by atoms with Crippen LogP contribution in [0.4, 0.5) is 0 Å². The number of nitrogens with zero attached hydrogens (tertiary/aromatic N) is 1. The van der Waals surface area contributed by atoms with Crippen molar-refractivity contribution in [3.8, 4) is 5.75 Å². The summed E-state index contributed by atoms with van der Waals surface area (Å²) in [5.74, 6) is -0.455. The van der Waals surface area contributed by atoms with Crippen LogP contribution in [0.3, 0.4) is 0 Å². The summed E-state index contributed by atoms with van der Waals surface area (Å²) in [5.41, 5.74) is 6.16. The van der Waals surface area contributed by atoms with Gasteiger partial charge in [-0.15, -0.1) is 0 Å². The molecule has 160 valence electrons. The summed E-state index contributed by atoms with van der Waals surface area (Å²) in [6.45, 7) is 4.87. The van der Waals surface area contributed by atoms with Gasteiger partial charge in [0.1, 0.15) is 5.75 Å². The van der Waals surface area contributed by atoms with E-state index in [1.54, 1.807) is 18.2 Å². The summed E-state index contributed by atoms with van der Waals surface area (Å²) in [7, 11) is -3.61. The van der Waals surface area contributed by atoms with Crippen molar-refractivity contribution < 1.29 is 18.3 Å². The molecule has 1 amide bonds. The molecular formula is C23H23N3O4S. The Labute approximate surface area is 181 Å². The maximum absolute atomic E-state index is 12.7. The third-order valence-electron chi connectivity index (χ3n) is 5.35. The highest BCUT2D eigenvalue weighted by atomic mass is 32.2. The molecule has 0 aliphatic carbocycles. The number of hydrogen-bond acceptors (Lipinski definition) is 5. The van der Waals surface area contributed by atoms with Crippen molar-refractivity contribution in [1.82, 2.24) is 15.2 Å². The van der Waals surface area contributed by atoms with E-state index in [4.69, 9.17) is 0 Å². The van der Waals surface area contributed by atoms with E-state index in [-0.39, 0.29) is 16.2 Å². The minimum Gasteiger partial charge on any atom is -0.507 e. The zero-order chi connectivity index (χ0) is 22.0. The summed E-state index contributed by atoms with van der Waals surface area (Å²) < 4.78 is 26.9. The molecule has 8 heteroatoms. The molecule has 0 unspecified atom stereocenters. The smallest absolute Gasteiger partial charge is 0.269 e. The van der Waals surface area contributed by atoms with Gasteiger partial charge in [-0.2, -0.15) is 4.31 Å². The third-order valence-corrected chi connectivity index (χ3v) is 7.25. The summed E-state index contributed by atoms with van der Waals surface area (Å²) in [5, 5.41) is 12.1. The van der Waals surface area contributed by atoms with Crippen LogP contribution >= 0.6 is 0 Å². The van der Waals surface area contributed by atoms with Crippen molar-refractivity contribution in [2.45, 2.75) is 17.7 Å². The van der Waals surface area contributed by atoms with Crippen LogP contribution in [0.15, 0.2) is 72.1 Å². The van der Waals surface area contributed by atoms with Crippen molar-refractivity contribution in [2.24, 2.45) is 0 Å². The quantitative estimate of drug-likeness (QED) is 0.514. The first-order valence-electron chi connectivity index (χ1n) is 9.94. The number of sulfonamides is 1. The molecule has 0 spiro atoms. The third kappa shape index (κ3) is 4.12. The Bertz CT molecular complexity index is 1260. The standard InChI is InChI=1S/C23H23N3O4S/c1-16(20-12-11-17-7-2-3-10-21(17)22(20)27)24-25-23(28)18-8-6-9-19(15-18)31(29,30)26-13-4-5-14-26/h2-3,6-12,15,24,27H,1,4-5,13-14H2,(H,25,28). The van der Waals surface area contributed by atoms with E-state index >= 15 is 0 Å². The second-order valence-corrected chi connectivity index (χ2v) is 9.32. The average Bonchev–Trinajstić information content (AvgIpc) is 3.34. The maximum atomic E-state index is 12.7. The molecule has 0 radical (unpaired) electrons. The highest BCUT2D eigenvalue weighted by Gasteiger charge is 2.27. The van der Waals surface area contributed by atoms with E-state index in [0.29, 0.717) is 29.7 Å². The van der Waals surface area contributed by atoms with Gasteiger partial charge in [0, 0.05) is 29.6 Å². The molecule has 0 atom stereocenters. The van der Waals surface area contributed by atoms with Crippen LogP contribution in [0.1, 0.15) is 28.8 Å². The van der Waals surface area contributed by atoms with Gasteiger partial charge in [0.15, 0.2) is 0 Å². The van der Waals surface area contributed by atoms with Crippen LogP contribution in [-0.2, 0) is 10.0 Å². The fourth-order valence-corrected chi connectivity index (χ4v) is 5.21. The van der Waals surface area contributed by atoms with Crippen LogP contribution in [0.5, 0.6) is 5.75 Å². The second kappa shape index (κ2) is 8.41. The summed E-state index contributed by atoms with van der Waals surface area (Å²) in [6.07, 6.45) is 1.68. The molecule has 1 saturated heterocycles. The number of hydrazine groups is 1. The number of rotatable bonds is 6. The number of carbonyl (C=O) groups excluding carboxylic acids is 1. The Morgan fingerprint density at radius 2 is 1.71 bits per heavy atom. The van der Waals surface area contributed by atoms with E-state index in [9.17, 15) is 18.3 Å². The lowest BCUT2D eigenvalue weighted by Gasteiger charge is -2.16. The molecule has 1 heterocycles. The number of amides is 1. The van der Waals surface area contributed by atoms with Crippen molar-refractivity contribution in [3.05, 3.63) is 78.4 Å². The predicted octanol–water partition coefficient (Wildman–Crippen LogP) is 3.24. The zero-order valence-corrected chi connectivity index (χ0v) is 17.7. The fraction of sp³-hybridized carbons (Fsp3) is 0.174. The average molecular weight is 438 g/mol. The monoisotopic (exact) mass is 437 g/mol. The first kappa shape index (κ1) is 20.9. The van der Waals surface area contributed by atoms with Gasteiger partial charge in [0.2, 0.25) is 10.0 Å². The molecule has 3 aromatic carbocycles. The van der Waals surface area contributed by atoms with Gasteiger partial charge in [0.05, 0.1) is 10.6 Å². The molecule has 1 aliphatic heterocycles. The largest absolute Gasteiger partial charge is 0.507 e. The molecular weight excluding hydrogens is 414 g/mol. The van der Waals surface area contributed by atoms with Gasteiger partial charge in [-0.1, -0.05) is 43.0 Å². The van der Waals surface area contributed by atoms with E-state index in [2.05, 4.69) is 17.4 Å². The zero-order valence-electron chi connectivity index (χ0n) is 16.8. The lowest BCUT2D eigenvalue weighted by atomic mass is 10.0. The van der Waals surface area contributed by atoms with Crippen molar-refractivity contribution in [2.75, 3.05) is 13.1 Å². The predicted molar refractivity (Wildman–Crippen MR) is 120 cm³/mol. The van der Waals surface area contributed by atoms with Gasteiger partial charge in [0.25, 0.3) is 5.91 Å². The molecule has 7 nitrogen and oxygen atoms in total. The minimum atomic E-state index is -3.61. The van der Waals surface area contributed by atoms with Crippen LogP contribution in [0.2, 0.25) is 0 Å². The van der Waals surface area contributed by atoms with Crippen molar-refractivity contribution in [1.29, 1.82) is 0 Å². The molecule has 3 N–H and O–H groups in total. The van der Waals surface area contributed by atoms with Crippen LogP contribution in [0, 0.1) is 0 Å². The number of benzene rings is 3. The van der Waals surface area contributed by atoms with Crippen molar-refractivity contribution >= 4 is 32.4 Å². The number of phenols is 1. The Balaban J connectivity index is 1.48. The van der Waals surface area contributed by atoms with E-state index < -0.39 is 15.9 Å². The number of carbonyl (C=O) groups is 1. The summed E-state index contributed by atoms with van der Waals surface area (Å²) in [4.78, 5) is 12.7. The maximum Gasteiger partial charge on any atom is 0.269 e. The Hall–Kier alpha value is -3.36. The number of hydrogen-bond donors (Lipinski definition) is 3. The SMILES string of the molecule is C=C(NNC(=O)c1cccc(S(=O)(=O)N2CCCC2)c1)c1ccc2ccccc2c1O. The van der Waals surface area contributed by atoms with E-state index in [1.165, 1.54) is 22.5 Å². The van der Waals surface area contributed by atoms with Gasteiger partial charge >= 0.3 is 0 Å². The van der Waals surface area contributed by atoms with E-state index in [1.807, 2.05) is 24.3 Å². The molecule has 3 aromatic rings. The number of fused-ring (bicyclic) bond motifs is 1. The number of phenolic OH excluding ortho intramolecular Hbond substituents is 1. The molecule has 31 heavy (non-hydrogen) atoms. The highest BCUT2D eigenvalue weighted by molar-refractivity contribution is 7.89. The number of aromatic hydroxyl groups is 1. The van der Waals surface area contributed by atoms with Gasteiger partial charge in [-0.25, -0.2) is 8.42 Å². The Kier molecular flexibility index (Phi) is 5.67. The summed E-state index contributed by atoms with van der Waals surface area (Å²) >= 11 is 0. The van der Waals surface area contributed by atoms with Crippen LogP contribution in [-0.4, -0.2) is 36.8 Å². The second-order valence-electron chi connectivity index (χ2n) is 7.38. The minimum absolute atomic E-state index is 0.0588. The highest BCUT2D eigenvalue weighted by Crippen LogP contribution is 2.31. The normalized spacial score (nSPS) is 14.5. The summed E-state index contributed by atoms with van der Waals surface area (Å²) in [6, 6.07) is 16.9. The van der Waals surface area contributed by atoms with Gasteiger partial charge in [-0.3, -0.25) is 15.6 Å². The molecule has 0 bridgehead atoms. The lowest BCUT2D eigenvalue weighted by molar-refractivity contribution is 0.0942. The fourth-order valence-electron chi connectivity index (χ4n) is 3.65. The first-order valence-corrected chi connectivity index (χ1v) is 11.4. The topological polar surface area (TPSA) is 98.7 Å². The molecule has 1 aliphatic rings. The first-order chi connectivity index (χ1) is 14.9. The van der Waals surface area contributed by atoms with Gasteiger partial charge in [-0.05, 0) is 42.5 Å². The van der Waals surface area contributed by atoms with E-state index in [0.717, 1.165) is 18.2 Å². The molecule has 0 aromatic heterocycles. The molecule has 0 saturated carbocycles. The Morgan fingerprint density at radius 3 is 2.48 bits per heavy atom. The van der Waals surface area contributed by atoms with Crippen molar-refractivity contribution in [3.63, 3.8) is 0 Å². The Morgan fingerprint density at radius 1 is 0.968 bits per heavy atom. The number of nitrogens with one attached hydrogen (secondary N) is 2. The van der Waals surface area contributed by atoms with Crippen LogP contribution < -0.4 is 10.9 Å². The molecule has 4 rings (SSSR count).